The molecule has 68 heavy (non-hydrogen) atoms. The molecule has 0 aromatic carbocycles. The number of aliphatic hydroxyl groups excluding tert-OH is 4. The van der Waals surface area contributed by atoms with Crippen LogP contribution in [0.2, 0.25) is 0 Å². The van der Waals surface area contributed by atoms with Gasteiger partial charge in [-0.2, -0.15) is 70.3 Å². The van der Waals surface area contributed by atoms with Gasteiger partial charge in [0.15, 0.2) is 34.0 Å². The van der Waals surface area contributed by atoms with Crippen molar-refractivity contribution >= 4 is 34.0 Å². The molecule has 0 radical (unpaired) electrons. The van der Waals surface area contributed by atoms with E-state index in [9.17, 15) is 20.4 Å². The molecule has 0 spiro atoms. The lowest BCUT2D eigenvalue weighted by Gasteiger charge is -2.30. The van der Waals surface area contributed by atoms with E-state index in [4.69, 9.17) is 29.9 Å². The van der Waals surface area contributed by atoms with Gasteiger partial charge < -0.3 is 40.2 Å². The molecule has 0 unspecified atom stereocenters. The lowest BCUT2D eigenvalue weighted by Crippen LogP contribution is -2.33. The average molecular weight is 931 g/mol. The number of aliphatic hydroxyl groups is 4. The Balaban J connectivity index is 0.852. The van der Waals surface area contributed by atoms with Gasteiger partial charge in [0.1, 0.15) is 36.5 Å². The highest BCUT2D eigenvalue weighted by Crippen LogP contribution is 2.41. The van der Waals surface area contributed by atoms with Gasteiger partial charge in [-0.05, 0) is 64.2 Å². The predicted octanol–water partition coefficient (Wildman–Crippen LogP) is 1.21. The minimum Gasteiger partial charge on any atom is -0.388 e. The number of hydrogen-bond donors (Lipinski definition) is 6. The monoisotopic (exact) mass is 930 g/mol. The summed E-state index contributed by atoms with van der Waals surface area (Å²) < 4.78 is 3.59. The van der Waals surface area contributed by atoms with Gasteiger partial charge in [-0.3, -0.25) is 0 Å². The summed E-state index contributed by atoms with van der Waals surface area (Å²) in [6.07, 6.45) is 12.0. The van der Waals surface area contributed by atoms with Gasteiger partial charge in [-0.25, -0.2) is 9.97 Å². The maximum Gasteiger partial charge on any atom is 0.272 e. The highest BCUT2D eigenvalue weighted by atomic mass is 16.3. The summed E-state index contributed by atoms with van der Waals surface area (Å²) in [5.41, 5.74) is 5.10. The van der Waals surface area contributed by atoms with E-state index in [0.717, 1.165) is 48.5 Å². The molecule has 8 atom stereocenters. The van der Waals surface area contributed by atoms with Crippen LogP contribution in [0.25, 0.3) is 34.2 Å². The summed E-state index contributed by atoms with van der Waals surface area (Å²) in [6.45, 7) is 7.97. The first-order chi connectivity index (χ1) is 33.1. The van der Waals surface area contributed by atoms with Gasteiger partial charge in [-0.15, -0.1) is 9.59 Å². The highest BCUT2D eigenvalue weighted by Gasteiger charge is 2.47. The van der Waals surface area contributed by atoms with Gasteiger partial charge in [0.05, 0.1) is 72.3 Å². The minimum atomic E-state index is -1.14. The van der Waals surface area contributed by atoms with Crippen LogP contribution < -0.4 is 10.6 Å². The van der Waals surface area contributed by atoms with Crippen LogP contribution in [0.15, 0.2) is 37.4 Å². The fourth-order valence-electron chi connectivity index (χ4n) is 9.79. The summed E-state index contributed by atoms with van der Waals surface area (Å²) in [6, 6.07) is -2.25. The first kappa shape index (κ1) is 43.7. The van der Waals surface area contributed by atoms with Crippen molar-refractivity contribution in [2.24, 2.45) is 0 Å². The zero-order valence-corrected chi connectivity index (χ0v) is 38.0. The number of hydrogen-bond acceptors (Lipinski definition) is 20. The summed E-state index contributed by atoms with van der Waals surface area (Å²) >= 11 is 0. The molecule has 11 rings (SSSR count). The molecular formula is C42H54N22O4. The Labute approximate surface area is 387 Å². The van der Waals surface area contributed by atoms with Gasteiger partial charge in [0.2, 0.25) is 0 Å². The van der Waals surface area contributed by atoms with Crippen molar-refractivity contribution in [3.05, 3.63) is 60.2 Å². The zero-order chi connectivity index (χ0) is 46.8. The maximum absolute atomic E-state index is 11.4. The maximum atomic E-state index is 11.4. The van der Waals surface area contributed by atoms with E-state index in [1.807, 2.05) is 27.7 Å². The third kappa shape index (κ3) is 7.69. The largest absolute Gasteiger partial charge is 0.388 e. The van der Waals surface area contributed by atoms with Gasteiger partial charge in [-0.1, -0.05) is 27.7 Å². The number of imidazole rings is 2. The van der Waals surface area contributed by atoms with Crippen LogP contribution in [0.1, 0.15) is 113 Å². The smallest absolute Gasteiger partial charge is 0.272 e. The molecule has 8 heterocycles. The van der Waals surface area contributed by atoms with E-state index in [1.54, 1.807) is 46.6 Å². The van der Waals surface area contributed by atoms with Crippen LogP contribution in [0.4, 0.5) is 11.6 Å². The van der Waals surface area contributed by atoms with Crippen molar-refractivity contribution in [1.82, 2.24) is 99.0 Å². The molecule has 8 aromatic rings. The van der Waals surface area contributed by atoms with Gasteiger partial charge in [0.25, 0.3) is 11.9 Å². The second kappa shape index (κ2) is 17.6. The topological polar surface area (TPSA) is 315 Å². The fraction of sp³-hybridized carbons (Fsp3) is 0.571. The normalized spacial score (nSPS) is 26.4. The van der Waals surface area contributed by atoms with Crippen molar-refractivity contribution < 1.29 is 20.4 Å². The third-order valence-corrected chi connectivity index (χ3v) is 13.8. The van der Waals surface area contributed by atoms with Crippen LogP contribution in [0, 0.1) is 0 Å². The Morgan fingerprint density at radius 3 is 1.22 bits per heavy atom. The van der Waals surface area contributed by atoms with E-state index in [0.29, 0.717) is 72.5 Å². The summed E-state index contributed by atoms with van der Waals surface area (Å²) in [5, 5.41) is 88.6. The molecule has 3 fully saturated rings. The lowest BCUT2D eigenvalue weighted by molar-refractivity contribution is 0.00496. The summed E-state index contributed by atoms with van der Waals surface area (Å²) in [4.78, 5) is 34.9. The second-order valence-electron chi connectivity index (χ2n) is 17.9. The Hall–Kier alpha value is -6.90. The van der Waals surface area contributed by atoms with E-state index in [-0.39, 0.29) is 24.0 Å². The predicted molar refractivity (Wildman–Crippen MR) is 241 cm³/mol. The average Bonchev–Trinajstić information content (AvgIpc) is 4.22. The van der Waals surface area contributed by atoms with E-state index >= 15 is 0 Å². The fourth-order valence-corrected chi connectivity index (χ4v) is 9.79. The van der Waals surface area contributed by atoms with Crippen LogP contribution in [-0.4, -0.2) is 156 Å². The number of nitrogens with one attached hydrogen (secondary N) is 2. The Morgan fingerprint density at radius 1 is 0.485 bits per heavy atom. The van der Waals surface area contributed by atoms with Gasteiger partial charge >= 0.3 is 0 Å². The molecule has 3 aliphatic rings. The standard InChI is InChI=1S/C42H54N22O4/c1-5-21-15-45-61(55-21)29-13-27(33(65)35(29)67)59-19-43-31-37(51-41(53-39(31)59)63-47-17-23(7-3)57-63)49-25-9-11-26(12-10-25)50-38-32-40(54-42(52-38)64-48-18-24(8-4)58-64)60(20-44-32)28-14-30(36(68)34(28)66)62-46-16-22(6-2)56-62/h15-20,25-30,33-36,65-68H,5-14H2,1-4H3,(H,49,51,53)(H,50,52,54)/t25-,26+,27-,28-,29+,30+,33+,34+,35-,36-/m1/s1. The van der Waals surface area contributed by atoms with Crippen LogP contribution in [-0.2, 0) is 25.7 Å². The number of anilines is 2. The highest BCUT2D eigenvalue weighted by molar-refractivity contribution is 5.85. The Morgan fingerprint density at radius 2 is 0.853 bits per heavy atom. The van der Waals surface area contributed by atoms with Crippen molar-refractivity contribution in [2.75, 3.05) is 10.6 Å². The first-order valence-corrected chi connectivity index (χ1v) is 23.5. The number of aryl methyl sites for hydroxylation is 4. The van der Waals surface area contributed by atoms with Crippen molar-refractivity contribution in [3.63, 3.8) is 0 Å². The Kier molecular flexibility index (Phi) is 11.3. The number of fused-ring (bicyclic) bond motifs is 2. The SMILES string of the molecule is CCc1cnn(-c2nc(N[C@H]3CC[C@@H](Nc4nc(-n5ncc(CC)n5)nc5c4ncn5[C@@H]4C[C@H](n5ncc(CC)n5)[C@@H](O)[C@H]4O)CC3)c3ncn([C@@H]4C[C@H](n5ncc(CC)n5)[C@@H](O)[C@H]4O)c3n2)n1. The van der Waals surface area contributed by atoms with Crippen LogP contribution >= 0.6 is 0 Å². The van der Waals surface area contributed by atoms with Crippen molar-refractivity contribution in [3.8, 4) is 11.9 Å². The molecule has 0 amide bonds. The minimum absolute atomic E-state index is 0.00435. The van der Waals surface area contributed by atoms with Crippen LogP contribution in [0.5, 0.6) is 0 Å². The molecule has 6 N–H and O–H groups in total. The number of nitrogens with zero attached hydrogens (tertiary/aromatic N) is 20. The second-order valence-corrected chi connectivity index (χ2v) is 17.9. The first-order valence-electron chi connectivity index (χ1n) is 23.5. The van der Waals surface area contributed by atoms with E-state index < -0.39 is 48.6 Å². The molecular weight excluding hydrogens is 877 g/mol. The molecule has 0 saturated heterocycles. The molecule has 356 valence electrons. The molecule has 3 saturated carbocycles. The summed E-state index contributed by atoms with van der Waals surface area (Å²) in [5.74, 6) is 1.48. The Bertz CT molecular complexity index is 2850. The summed E-state index contributed by atoms with van der Waals surface area (Å²) in [7, 11) is 0. The number of rotatable bonds is 14. The van der Waals surface area contributed by atoms with Crippen molar-refractivity contribution in [1.29, 1.82) is 0 Å². The quantitative estimate of drug-likeness (QED) is 0.0893. The molecule has 3 aliphatic carbocycles. The lowest BCUT2D eigenvalue weighted by atomic mass is 9.91. The van der Waals surface area contributed by atoms with Crippen molar-refractivity contribution in [2.45, 2.75) is 153 Å². The van der Waals surface area contributed by atoms with Gasteiger partial charge in [0, 0.05) is 12.1 Å². The molecule has 0 aliphatic heterocycles. The van der Waals surface area contributed by atoms with E-state index in [2.05, 4.69) is 51.4 Å². The number of aromatic nitrogens is 20. The molecule has 26 heteroatoms. The van der Waals surface area contributed by atoms with E-state index in [1.165, 1.54) is 19.2 Å². The zero-order valence-electron chi connectivity index (χ0n) is 38.0. The third-order valence-electron chi connectivity index (χ3n) is 13.8. The molecule has 26 nitrogen and oxygen atoms in total. The molecule has 8 aromatic heterocycles. The van der Waals surface area contributed by atoms with Crippen LogP contribution in [0.3, 0.4) is 0 Å². The molecule has 0 bridgehead atoms.